The van der Waals surface area contributed by atoms with Gasteiger partial charge in [0.2, 0.25) is 0 Å². The second-order valence-electron chi connectivity index (χ2n) is 7.08. The third-order valence-electron chi connectivity index (χ3n) is 5.57. The van der Waals surface area contributed by atoms with Crippen molar-refractivity contribution in [2.75, 3.05) is 0 Å². The first-order chi connectivity index (χ1) is 10.3. The highest BCUT2D eigenvalue weighted by molar-refractivity contribution is 6.40. The molecule has 1 saturated carbocycles. The number of carboxylic acid groups (broad SMARTS) is 1. The molecule has 0 spiro atoms. The molecule has 0 amide bonds. The maximum absolute atomic E-state index is 11.8. The molecule has 0 bridgehead atoms. The molecule has 128 valence electrons. The maximum atomic E-state index is 11.8. The Morgan fingerprint density at radius 3 is 2.50 bits per heavy atom. The van der Waals surface area contributed by atoms with Crippen LogP contribution in [0, 0.1) is 23.7 Å². The molecular weight excluding hydrogens is 281 g/mol. The van der Waals surface area contributed by atoms with Gasteiger partial charge in [-0.15, -0.1) is 0 Å². The first kappa shape index (κ1) is 19.5. The SMILES string of the molecule is CCC[C@H](C)[C@@H]1C(CC)CC(N)(C(=O)O)C1CCCB(O)O. The molecule has 0 aromatic rings. The van der Waals surface area contributed by atoms with Crippen molar-refractivity contribution in [3.63, 3.8) is 0 Å². The normalized spacial score (nSPS) is 32.9. The fourth-order valence-electron chi connectivity index (χ4n) is 4.53. The van der Waals surface area contributed by atoms with Crippen LogP contribution in [-0.4, -0.2) is 33.8 Å². The van der Waals surface area contributed by atoms with Crippen LogP contribution in [0.5, 0.6) is 0 Å². The second-order valence-corrected chi connectivity index (χ2v) is 7.08. The third-order valence-corrected chi connectivity index (χ3v) is 5.57. The monoisotopic (exact) mass is 313 g/mol. The molecule has 1 aliphatic rings. The van der Waals surface area contributed by atoms with E-state index >= 15 is 0 Å². The number of aliphatic carboxylic acids is 1. The van der Waals surface area contributed by atoms with Crippen molar-refractivity contribution in [3.05, 3.63) is 0 Å². The topological polar surface area (TPSA) is 104 Å². The Labute approximate surface area is 134 Å². The standard InChI is InChI=1S/C16H32BNO4/c1-4-7-11(3)14-12(5-2)10-16(18,15(19)20)13(14)8-6-9-17(21)22/h11-14,21-22H,4-10,18H2,1-3H3,(H,19,20)/t11-,12?,13?,14+,16?/m0/s1. The first-order valence-corrected chi connectivity index (χ1v) is 8.66. The minimum absolute atomic E-state index is 0.0877. The summed E-state index contributed by atoms with van der Waals surface area (Å²) >= 11 is 0. The van der Waals surface area contributed by atoms with Gasteiger partial charge in [-0.2, -0.15) is 0 Å². The average Bonchev–Trinajstić information content (AvgIpc) is 2.73. The Bertz CT molecular complexity index is 366. The van der Waals surface area contributed by atoms with Crippen LogP contribution in [0.15, 0.2) is 0 Å². The van der Waals surface area contributed by atoms with Gasteiger partial charge in [0, 0.05) is 0 Å². The lowest BCUT2D eigenvalue weighted by molar-refractivity contribution is -0.145. The summed E-state index contributed by atoms with van der Waals surface area (Å²) in [5, 5.41) is 27.7. The van der Waals surface area contributed by atoms with E-state index in [0.29, 0.717) is 37.0 Å². The molecule has 0 aromatic heterocycles. The third kappa shape index (κ3) is 4.24. The van der Waals surface area contributed by atoms with Gasteiger partial charge >= 0.3 is 13.1 Å². The highest BCUT2D eigenvalue weighted by Gasteiger charge is 2.55. The van der Waals surface area contributed by atoms with E-state index < -0.39 is 18.6 Å². The van der Waals surface area contributed by atoms with E-state index in [2.05, 4.69) is 20.8 Å². The van der Waals surface area contributed by atoms with E-state index in [4.69, 9.17) is 15.8 Å². The molecule has 3 unspecified atom stereocenters. The van der Waals surface area contributed by atoms with Gasteiger partial charge in [0.05, 0.1) is 0 Å². The summed E-state index contributed by atoms with van der Waals surface area (Å²) in [6, 6.07) is 0. The largest absolute Gasteiger partial charge is 0.480 e. The van der Waals surface area contributed by atoms with Gasteiger partial charge in [0.15, 0.2) is 0 Å². The minimum atomic E-state index is -1.33. The zero-order chi connectivity index (χ0) is 16.9. The number of nitrogens with two attached hydrogens (primary N) is 1. The van der Waals surface area contributed by atoms with Crippen LogP contribution >= 0.6 is 0 Å². The summed E-state index contributed by atoms with van der Waals surface area (Å²) in [4.78, 5) is 11.8. The molecule has 1 fully saturated rings. The molecular formula is C16H32BNO4. The number of carbonyl (C=O) groups is 1. The van der Waals surface area contributed by atoms with Crippen LogP contribution in [0.25, 0.3) is 0 Å². The summed E-state index contributed by atoms with van der Waals surface area (Å²) < 4.78 is 0. The molecule has 5 N–H and O–H groups in total. The number of carboxylic acids is 1. The van der Waals surface area contributed by atoms with E-state index in [0.717, 1.165) is 19.3 Å². The van der Waals surface area contributed by atoms with Gasteiger partial charge in [0.1, 0.15) is 5.54 Å². The molecule has 0 heterocycles. The maximum Gasteiger partial charge on any atom is 0.451 e. The van der Waals surface area contributed by atoms with Crippen LogP contribution in [0.1, 0.15) is 59.3 Å². The summed E-state index contributed by atoms with van der Waals surface area (Å²) in [7, 11) is -1.33. The first-order valence-electron chi connectivity index (χ1n) is 8.66. The highest BCUT2D eigenvalue weighted by Crippen LogP contribution is 2.51. The Morgan fingerprint density at radius 2 is 2.05 bits per heavy atom. The molecule has 1 rings (SSSR count). The minimum Gasteiger partial charge on any atom is -0.480 e. The molecule has 1 aliphatic carbocycles. The lowest BCUT2D eigenvalue weighted by Crippen LogP contribution is -2.52. The Balaban J connectivity index is 2.98. The molecule has 0 aromatic carbocycles. The Kier molecular flexibility index (Phi) is 7.36. The van der Waals surface area contributed by atoms with Crippen LogP contribution in [0.3, 0.4) is 0 Å². The molecule has 0 radical (unpaired) electrons. The zero-order valence-electron chi connectivity index (χ0n) is 14.2. The molecule has 5 atom stereocenters. The molecule has 22 heavy (non-hydrogen) atoms. The van der Waals surface area contributed by atoms with Gasteiger partial charge in [-0.25, -0.2) is 0 Å². The molecule has 0 saturated heterocycles. The van der Waals surface area contributed by atoms with Crippen LogP contribution in [0.2, 0.25) is 6.32 Å². The van der Waals surface area contributed by atoms with E-state index in [-0.39, 0.29) is 12.2 Å². The lowest BCUT2D eigenvalue weighted by Gasteiger charge is -2.34. The summed E-state index contributed by atoms with van der Waals surface area (Å²) in [5.74, 6) is 0.0966. The fourth-order valence-corrected chi connectivity index (χ4v) is 4.53. The number of hydrogen-bond acceptors (Lipinski definition) is 4. The van der Waals surface area contributed by atoms with Gasteiger partial charge in [-0.05, 0) is 42.8 Å². The molecule has 5 nitrogen and oxygen atoms in total. The van der Waals surface area contributed by atoms with Crippen molar-refractivity contribution in [2.45, 2.75) is 71.2 Å². The lowest BCUT2D eigenvalue weighted by atomic mass is 9.71. The fraction of sp³-hybridized carbons (Fsp3) is 0.938. The van der Waals surface area contributed by atoms with Crippen molar-refractivity contribution in [2.24, 2.45) is 29.4 Å². The second kappa shape index (κ2) is 8.32. The average molecular weight is 313 g/mol. The zero-order valence-corrected chi connectivity index (χ0v) is 14.2. The number of rotatable bonds is 9. The van der Waals surface area contributed by atoms with Gasteiger partial charge in [-0.3, -0.25) is 4.79 Å². The van der Waals surface area contributed by atoms with Gasteiger partial charge in [-0.1, -0.05) is 46.5 Å². The van der Waals surface area contributed by atoms with E-state index in [1.807, 2.05) is 0 Å². The van der Waals surface area contributed by atoms with E-state index in [9.17, 15) is 9.90 Å². The predicted molar refractivity (Wildman–Crippen MR) is 88.2 cm³/mol. The summed E-state index contributed by atoms with van der Waals surface area (Å²) in [5.41, 5.74) is 5.16. The van der Waals surface area contributed by atoms with Crippen molar-refractivity contribution in [1.29, 1.82) is 0 Å². The molecule has 0 aliphatic heterocycles. The quantitative estimate of drug-likeness (QED) is 0.488. The van der Waals surface area contributed by atoms with Crippen LogP contribution in [-0.2, 0) is 4.79 Å². The summed E-state index contributed by atoms with van der Waals surface area (Å²) in [6.07, 6.45) is 5.17. The van der Waals surface area contributed by atoms with E-state index in [1.165, 1.54) is 0 Å². The van der Waals surface area contributed by atoms with E-state index in [1.54, 1.807) is 0 Å². The van der Waals surface area contributed by atoms with Gasteiger partial charge in [0.25, 0.3) is 0 Å². The van der Waals surface area contributed by atoms with Crippen molar-refractivity contribution >= 4 is 13.1 Å². The smallest absolute Gasteiger partial charge is 0.451 e. The van der Waals surface area contributed by atoms with Crippen LogP contribution < -0.4 is 5.73 Å². The van der Waals surface area contributed by atoms with Crippen molar-refractivity contribution < 1.29 is 19.9 Å². The van der Waals surface area contributed by atoms with Crippen LogP contribution in [0.4, 0.5) is 0 Å². The predicted octanol–water partition coefficient (Wildman–Crippen LogP) is 2.12. The van der Waals surface area contributed by atoms with Gasteiger partial charge < -0.3 is 20.9 Å². The highest BCUT2D eigenvalue weighted by atomic mass is 16.4. The Morgan fingerprint density at radius 1 is 1.41 bits per heavy atom. The molecule has 6 heteroatoms. The van der Waals surface area contributed by atoms with Crippen molar-refractivity contribution in [3.8, 4) is 0 Å². The van der Waals surface area contributed by atoms with Crippen molar-refractivity contribution in [1.82, 2.24) is 0 Å². The number of hydrogen-bond donors (Lipinski definition) is 4. The Hall–Kier alpha value is -0.585. The summed E-state index contributed by atoms with van der Waals surface area (Å²) in [6.45, 7) is 6.47.